The summed E-state index contributed by atoms with van der Waals surface area (Å²) in [6.07, 6.45) is 4.74. The fourth-order valence-corrected chi connectivity index (χ4v) is 1.62. The van der Waals surface area contributed by atoms with Crippen molar-refractivity contribution in [2.45, 2.75) is 51.2 Å². The van der Waals surface area contributed by atoms with Crippen molar-refractivity contribution in [1.82, 2.24) is 0 Å². The summed E-state index contributed by atoms with van der Waals surface area (Å²) >= 11 is 0. The Labute approximate surface area is 68.6 Å². The summed E-state index contributed by atoms with van der Waals surface area (Å²) in [7, 11) is 0. The monoisotopic (exact) mass is 158 g/mol. The summed E-state index contributed by atoms with van der Waals surface area (Å²) in [5, 5.41) is 9.06. The lowest BCUT2D eigenvalue weighted by Gasteiger charge is -2.07. The molecule has 0 amide bonds. The molecule has 1 N–H and O–H groups in total. The van der Waals surface area contributed by atoms with E-state index >= 15 is 0 Å². The van der Waals surface area contributed by atoms with Gasteiger partial charge in [-0.2, -0.15) is 0 Å². The Kier molecular flexibility index (Phi) is 2.90. The van der Waals surface area contributed by atoms with E-state index in [1.165, 1.54) is 6.42 Å². The highest BCUT2D eigenvalue weighted by Crippen LogP contribution is 2.42. The molecular weight excluding hydrogens is 140 g/mol. The van der Waals surface area contributed by atoms with Crippen LogP contribution in [0.3, 0.4) is 0 Å². The number of ether oxygens (including phenoxy) is 1. The molecule has 2 atom stereocenters. The molecular formula is C9H18O2. The maximum absolute atomic E-state index is 9.06. The fraction of sp³-hybridized carbons (Fsp3) is 1.00. The third kappa shape index (κ3) is 1.74. The van der Waals surface area contributed by atoms with Crippen LogP contribution in [0.2, 0.25) is 0 Å². The number of rotatable bonds is 5. The maximum Gasteiger partial charge on any atom is 0.118 e. The smallest absolute Gasteiger partial charge is 0.118 e. The molecule has 1 heterocycles. The van der Waals surface area contributed by atoms with Crippen LogP contribution in [0, 0.1) is 0 Å². The summed E-state index contributed by atoms with van der Waals surface area (Å²) in [5.41, 5.74) is -0.134. The molecule has 0 aliphatic carbocycles. The molecule has 11 heavy (non-hydrogen) atoms. The van der Waals surface area contributed by atoms with Crippen LogP contribution >= 0.6 is 0 Å². The van der Waals surface area contributed by atoms with E-state index < -0.39 is 0 Å². The lowest BCUT2D eigenvalue weighted by molar-refractivity contribution is 0.161. The van der Waals surface area contributed by atoms with E-state index in [-0.39, 0.29) is 12.2 Å². The average Bonchev–Trinajstić information content (AvgIpc) is 2.76. The van der Waals surface area contributed by atoms with Crippen molar-refractivity contribution < 1.29 is 9.84 Å². The highest BCUT2D eigenvalue weighted by molar-refractivity contribution is 5.01. The highest BCUT2D eigenvalue weighted by atomic mass is 16.6. The molecule has 0 aromatic carbocycles. The van der Waals surface area contributed by atoms with Crippen LogP contribution in [0.1, 0.15) is 39.5 Å². The van der Waals surface area contributed by atoms with Gasteiger partial charge in [-0.3, -0.25) is 0 Å². The lowest BCUT2D eigenvalue weighted by Crippen LogP contribution is -2.20. The van der Waals surface area contributed by atoms with Crippen molar-refractivity contribution in [2.75, 3.05) is 6.61 Å². The van der Waals surface area contributed by atoms with E-state index in [2.05, 4.69) is 13.8 Å². The van der Waals surface area contributed by atoms with Crippen molar-refractivity contribution in [3.8, 4) is 0 Å². The van der Waals surface area contributed by atoms with Crippen molar-refractivity contribution in [2.24, 2.45) is 0 Å². The molecule has 0 spiro atoms. The molecule has 1 rings (SSSR count). The molecule has 2 heteroatoms. The number of hydrogen-bond acceptors (Lipinski definition) is 2. The molecule has 2 nitrogen and oxygen atoms in total. The van der Waals surface area contributed by atoms with Crippen molar-refractivity contribution in [3.05, 3.63) is 0 Å². The maximum atomic E-state index is 9.06. The Morgan fingerprint density at radius 1 is 1.45 bits per heavy atom. The van der Waals surface area contributed by atoms with Gasteiger partial charge >= 0.3 is 0 Å². The third-order valence-electron chi connectivity index (χ3n) is 2.50. The first-order chi connectivity index (χ1) is 5.29. The molecule has 66 valence electrons. The number of unbranched alkanes of at least 4 members (excludes halogenated alkanes) is 1. The summed E-state index contributed by atoms with van der Waals surface area (Å²) in [6, 6.07) is 0. The molecule has 0 saturated carbocycles. The van der Waals surface area contributed by atoms with Crippen LogP contribution in [-0.4, -0.2) is 23.4 Å². The molecule has 1 aliphatic rings. The standard InChI is InChI=1S/C9H18O2/c1-3-5-6-9(7-10)8(4-2)11-9/h8,10H,3-7H2,1-2H3/t8-,9-/m1/s1. The second-order valence-electron chi connectivity index (χ2n) is 3.34. The molecule has 1 fully saturated rings. The van der Waals surface area contributed by atoms with Crippen LogP contribution in [0.4, 0.5) is 0 Å². The van der Waals surface area contributed by atoms with E-state index in [4.69, 9.17) is 9.84 Å². The van der Waals surface area contributed by atoms with E-state index in [0.29, 0.717) is 6.10 Å². The number of aliphatic hydroxyl groups is 1. The predicted molar refractivity (Wildman–Crippen MR) is 44.5 cm³/mol. The molecule has 1 aliphatic heterocycles. The lowest BCUT2D eigenvalue weighted by atomic mass is 9.98. The first-order valence-electron chi connectivity index (χ1n) is 4.57. The Morgan fingerprint density at radius 3 is 2.55 bits per heavy atom. The summed E-state index contributed by atoms with van der Waals surface area (Å²) in [6.45, 7) is 4.47. The largest absolute Gasteiger partial charge is 0.393 e. The van der Waals surface area contributed by atoms with E-state index in [0.717, 1.165) is 19.3 Å². The van der Waals surface area contributed by atoms with Gasteiger partial charge in [0.15, 0.2) is 0 Å². The van der Waals surface area contributed by atoms with Gasteiger partial charge in [0.1, 0.15) is 5.60 Å². The highest BCUT2D eigenvalue weighted by Gasteiger charge is 2.53. The van der Waals surface area contributed by atoms with Gasteiger partial charge in [-0.05, 0) is 12.8 Å². The van der Waals surface area contributed by atoms with Crippen LogP contribution in [0.5, 0.6) is 0 Å². The second kappa shape index (κ2) is 3.55. The number of epoxide rings is 1. The molecule has 0 aromatic heterocycles. The summed E-state index contributed by atoms with van der Waals surface area (Å²) in [4.78, 5) is 0. The van der Waals surface area contributed by atoms with E-state index in [1.54, 1.807) is 0 Å². The quantitative estimate of drug-likeness (QED) is 0.618. The minimum atomic E-state index is -0.134. The van der Waals surface area contributed by atoms with Crippen LogP contribution in [0.15, 0.2) is 0 Å². The normalized spacial score (nSPS) is 35.7. The van der Waals surface area contributed by atoms with Crippen molar-refractivity contribution in [1.29, 1.82) is 0 Å². The topological polar surface area (TPSA) is 32.8 Å². The Morgan fingerprint density at radius 2 is 2.18 bits per heavy atom. The molecule has 0 radical (unpaired) electrons. The van der Waals surface area contributed by atoms with Crippen molar-refractivity contribution >= 4 is 0 Å². The van der Waals surface area contributed by atoms with E-state index in [9.17, 15) is 0 Å². The van der Waals surface area contributed by atoms with Gasteiger partial charge in [-0.15, -0.1) is 0 Å². The van der Waals surface area contributed by atoms with Gasteiger partial charge in [0.05, 0.1) is 12.7 Å². The Balaban J connectivity index is 2.27. The minimum Gasteiger partial charge on any atom is -0.393 e. The van der Waals surface area contributed by atoms with Crippen molar-refractivity contribution in [3.63, 3.8) is 0 Å². The van der Waals surface area contributed by atoms with Gasteiger partial charge in [0, 0.05) is 0 Å². The fourth-order valence-electron chi connectivity index (χ4n) is 1.62. The number of aliphatic hydroxyl groups excluding tert-OH is 1. The summed E-state index contributed by atoms with van der Waals surface area (Å²) in [5.74, 6) is 0. The predicted octanol–water partition coefficient (Wildman–Crippen LogP) is 1.72. The second-order valence-corrected chi connectivity index (χ2v) is 3.34. The SMILES string of the molecule is CCCC[C@]1(CO)O[C@@H]1CC. The van der Waals surface area contributed by atoms with Gasteiger partial charge in [0.2, 0.25) is 0 Å². The number of hydrogen-bond donors (Lipinski definition) is 1. The van der Waals surface area contributed by atoms with Gasteiger partial charge in [0.25, 0.3) is 0 Å². The first kappa shape index (κ1) is 9.01. The van der Waals surface area contributed by atoms with Gasteiger partial charge < -0.3 is 9.84 Å². The minimum absolute atomic E-state index is 0.134. The Hall–Kier alpha value is -0.0800. The van der Waals surface area contributed by atoms with Crippen LogP contribution in [-0.2, 0) is 4.74 Å². The molecule has 1 saturated heterocycles. The third-order valence-corrected chi connectivity index (χ3v) is 2.50. The van der Waals surface area contributed by atoms with Gasteiger partial charge in [-0.25, -0.2) is 0 Å². The molecule has 0 unspecified atom stereocenters. The first-order valence-corrected chi connectivity index (χ1v) is 4.57. The molecule has 0 aromatic rings. The zero-order valence-electron chi connectivity index (χ0n) is 7.47. The van der Waals surface area contributed by atoms with Crippen LogP contribution < -0.4 is 0 Å². The zero-order chi connectivity index (χ0) is 8.32. The van der Waals surface area contributed by atoms with Gasteiger partial charge in [-0.1, -0.05) is 26.7 Å². The molecule has 0 bridgehead atoms. The Bertz CT molecular complexity index is 125. The van der Waals surface area contributed by atoms with E-state index in [1.807, 2.05) is 0 Å². The zero-order valence-corrected chi connectivity index (χ0v) is 7.47. The van der Waals surface area contributed by atoms with Crippen LogP contribution in [0.25, 0.3) is 0 Å². The average molecular weight is 158 g/mol. The summed E-state index contributed by atoms with van der Waals surface area (Å²) < 4.78 is 5.46.